The van der Waals surface area contributed by atoms with E-state index in [4.69, 9.17) is 4.74 Å². The van der Waals surface area contributed by atoms with Crippen molar-refractivity contribution in [1.82, 2.24) is 20.1 Å². The second-order valence-electron chi connectivity index (χ2n) is 5.45. The highest BCUT2D eigenvalue weighted by molar-refractivity contribution is 4.94. The molecule has 0 bridgehead atoms. The van der Waals surface area contributed by atoms with Gasteiger partial charge in [0.05, 0.1) is 12.7 Å². The highest BCUT2D eigenvalue weighted by Gasteiger charge is 2.29. The fourth-order valence-corrected chi connectivity index (χ4v) is 2.68. The highest BCUT2D eigenvalue weighted by atomic mass is 16.5. The Hall–Kier alpha value is -0.940. The minimum Gasteiger partial charge on any atom is -0.378 e. The molecule has 0 spiro atoms. The summed E-state index contributed by atoms with van der Waals surface area (Å²) in [5.74, 6) is 1.63. The van der Waals surface area contributed by atoms with Crippen molar-refractivity contribution in [3.8, 4) is 0 Å². The molecule has 3 atom stereocenters. The van der Waals surface area contributed by atoms with Crippen molar-refractivity contribution in [2.75, 3.05) is 13.7 Å². The van der Waals surface area contributed by atoms with Gasteiger partial charge in [0.25, 0.3) is 0 Å². The molecule has 0 amide bonds. The van der Waals surface area contributed by atoms with E-state index in [0.29, 0.717) is 24.1 Å². The van der Waals surface area contributed by atoms with Crippen LogP contribution < -0.4 is 5.32 Å². The van der Waals surface area contributed by atoms with Crippen LogP contribution in [0.15, 0.2) is 6.33 Å². The van der Waals surface area contributed by atoms with Crippen LogP contribution in [0.25, 0.3) is 0 Å². The van der Waals surface area contributed by atoms with Crippen molar-refractivity contribution in [2.45, 2.75) is 51.8 Å². The lowest BCUT2D eigenvalue weighted by Crippen LogP contribution is -2.37. The number of rotatable bonds is 5. The molecule has 0 saturated carbocycles. The predicted octanol–water partition coefficient (Wildman–Crippen LogP) is 1.41. The Morgan fingerprint density at radius 2 is 2.33 bits per heavy atom. The Morgan fingerprint density at radius 1 is 1.56 bits per heavy atom. The van der Waals surface area contributed by atoms with Crippen LogP contribution in [0.3, 0.4) is 0 Å². The molecule has 0 radical (unpaired) electrons. The van der Waals surface area contributed by atoms with Gasteiger partial charge in [0.2, 0.25) is 0 Å². The largest absolute Gasteiger partial charge is 0.378 e. The van der Waals surface area contributed by atoms with Gasteiger partial charge in [-0.2, -0.15) is 5.10 Å². The molecule has 18 heavy (non-hydrogen) atoms. The normalized spacial score (nSPS) is 25.8. The molecule has 1 fully saturated rings. The third kappa shape index (κ3) is 2.90. The molecule has 1 aliphatic rings. The molecule has 5 heteroatoms. The van der Waals surface area contributed by atoms with Gasteiger partial charge in [-0.05, 0) is 34.2 Å². The van der Waals surface area contributed by atoms with E-state index in [2.05, 4.69) is 36.2 Å². The smallest absolute Gasteiger partial charge is 0.138 e. The van der Waals surface area contributed by atoms with Crippen LogP contribution >= 0.6 is 0 Å². The van der Waals surface area contributed by atoms with Gasteiger partial charge in [-0.15, -0.1) is 0 Å². The van der Waals surface area contributed by atoms with Crippen LogP contribution in [0.2, 0.25) is 0 Å². The molecule has 1 N–H and O–H groups in total. The van der Waals surface area contributed by atoms with Crippen LogP contribution in [-0.2, 0) is 11.2 Å². The maximum atomic E-state index is 5.66. The highest BCUT2D eigenvalue weighted by Crippen LogP contribution is 2.24. The predicted molar refractivity (Wildman–Crippen MR) is 70.5 cm³/mol. The molecule has 1 saturated heterocycles. The van der Waals surface area contributed by atoms with Crippen molar-refractivity contribution in [2.24, 2.45) is 5.92 Å². The number of hydrogen-bond acceptors (Lipinski definition) is 4. The van der Waals surface area contributed by atoms with Crippen molar-refractivity contribution >= 4 is 0 Å². The van der Waals surface area contributed by atoms with E-state index in [1.165, 1.54) is 0 Å². The Balaban J connectivity index is 2.03. The standard InChI is InChI=1S/C13H24N4O/c1-9(2)17-13(15-8-16-17)6-12(14-4)11-5-10(3)18-7-11/h8-12,14H,5-7H2,1-4H3. The van der Waals surface area contributed by atoms with E-state index in [9.17, 15) is 0 Å². The van der Waals surface area contributed by atoms with Crippen LogP contribution in [0.4, 0.5) is 0 Å². The lowest BCUT2D eigenvalue weighted by atomic mass is 9.94. The third-order valence-electron chi connectivity index (χ3n) is 3.71. The van der Waals surface area contributed by atoms with Crippen molar-refractivity contribution in [1.29, 1.82) is 0 Å². The van der Waals surface area contributed by atoms with E-state index in [0.717, 1.165) is 25.3 Å². The Bertz CT molecular complexity index is 377. The van der Waals surface area contributed by atoms with Crippen LogP contribution in [0.5, 0.6) is 0 Å². The van der Waals surface area contributed by atoms with Crippen molar-refractivity contribution in [3.05, 3.63) is 12.2 Å². The molecule has 2 heterocycles. The van der Waals surface area contributed by atoms with Gasteiger partial charge < -0.3 is 10.1 Å². The summed E-state index contributed by atoms with van der Waals surface area (Å²) < 4.78 is 7.67. The van der Waals surface area contributed by atoms with Gasteiger partial charge in [0.1, 0.15) is 12.2 Å². The van der Waals surface area contributed by atoms with Gasteiger partial charge in [-0.25, -0.2) is 9.67 Å². The monoisotopic (exact) mass is 252 g/mol. The molecule has 3 unspecified atom stereocenters. The fraction of sp³-hybridized carbons (Fsp3) is 0.846. The summed E-state index contributed by atoms with van der Waals surface area (Å²) in [4.78, 5) is 4.39. The number of ether oxygens (including phenoxy) is 1. The lowest BCUT2D eigenvalue weighted by Gasteiger charge is -2.22. The minimum absolute atomic E-state index is 0.360. The van der Waals surface area contributed by atoms with E-state index in [1.807, 2.05) is 11.7 Å². The zero-order chi connectivity index (χ0) is 13.1. The maximum Gasteiger partial charge on any atom is 0.138 e. The minimum atomic E-state index is 0.360. The zero-order valence-electron chi connectivity index (χ0n) is 11.8. The summed E-state index contributed by atoms with van der Waals surface area (Å²) in [5, 5.41) is 7.70. The number of nitrogens with one attached hydrogen (secondary N) is 1. The molecular formula is C13H24N4O. The summed E-state index contributed by atoms with van der Waals surface area (Å²) in [7, 11) is 2.02. The van der Waals surface area contributed by atoms with E-state index in [-0.39, 0.29) is 0 Å². The number of hydrogen-bond donors (Lipinski definition) is 1. The number of likely N-dealkylation sites (N-methyl/N-ethyl adjacent to an activating group) is 1. The second-order valence-corrected chi connectivity index (χ2v) is 5.45. The van der Waals surface area contributed by atoms with Gasteiger partial charge in [0.15, 0.2) is 0 Å². The number of aromatic nitrogens is 3. The van der Waals surface area contributed by atoms with E-state index < -0.39 is 0 Å². The molecule has 5 nitrogen and oxygen atoms in total. The zero-order valence-corrected chi connectivity index (χ0v) is 11.8. The van der Waals surface area contributed by atoms with Crippen molar-refractivity contribution < 1.29 is 4.74 Å². The molecule has 0 aliphatic carbocycles. The lowest BCUT2D eigenvalue weighted by molar-refractivity contribution is 0.117. The average molecular weight is 252 g/mol. The molecule has 2 rings (SSSR count). The first-order valence-electron chi connectivity index (χ1n) is 6.79. The molecular weight excluding hydrogens is 228 g/mol. The fourth-order valence-electron chi connectivity index (χ4n) is 2.68. The topological polar surface area (TPSA) is 52.0 Å². The Morgan fingerprint density at radius 3 is 2.89 bits per heavy atom. The van der Waals surface area contributed by atoms with E-state index >= 15 is 0 Å². The molecule has 0 aromatic carbocycles. The summed E-state index contributed by atoms with van der Waals surface area (Å²) in [6, 6.07) is 0.774. The van der Waals surface area contributed by atoms with Gasteiger partial charge >= 0.3 is 0 Å². The van der Waals surface area contributed by atoms with Crippen LogP contribution in [0.1, 0.15) is 39.1 Å². The third-order valence-corrected chi connectivity index (χ3v) is 3.71. The summed E-state index contributed by atoms with van der Waals surface area (Å²) >= 11 is 0. The van der Waals surface area contributed by atoms with Crippen LogP contribution in [0, 0.1) is 5.92 Å². The van der Waals surface area contributed by atoms with E-state index in [1.54, 1.807) is 6.33 Å². The number of nitrogens with zero attached hydrogens (tertiary/aromatic N) is 3. The SMILES string of the molecule is CNC(Cc1ncnn1C(C)C)C1COC(C)C1. The molecule has 1 aromatic rings. The quantitative estimate of drug-likeness (QED) is 0.861. The van der Waals surface area contributed by atoms with Gasteiger partial charge in [-0.1, -0.05) is 0 Å². The van der Waals surface area contributed by atoms with Gasteiger partial charge in [0, 0.05) is 24.4 Å². The molecule has 1 aromatic heterocycles. The first-order chi connectivity index (χ1) is 8.61. The Kier molecular flexibility index (Phi) is 4.35. The molecule has 1 aliphatic heterocycles. The summed E-state index contributed by atoms with van der Waals surface area (Å²) in [5.41, 5.74) is 0. The first-order valence-corrected chi connectivity index (χ1v) is 6.79. The Labute approximate surface area is 109 Å². The van der Waals surface area contributed by atoms with Crippen molar-refractivity contribution in [3.63, 3.8) is 0 Å². The van der Waals surface area contributed by atoms with Gasteiger partial charge in [-0.3, -0.25) is 0 Å². The summed E-state index contributed by atoms with van der Waals surface area (Å²) in [6.45, 7) is 7.26. The second kappa shape index (κ2) is 5.80. The maximum absolute atomic E-state index is 5.66. The first kappa shape index (κ1) is 13.5. The molecule has 102 valence electrons. The van der Waals surface area contributed by atoms with Crippen LogP contribution in [-0.4, -0.2) is 40.6 Å². The average Bonchev–Trinajstić information content (AvgIpc) is 2.94. The summed E-state index contributed by atoms with van der Waals surface area (Å²) in [6.07, 6.45) is 4.07.